The Bertz CT molecular complexity index is 691. The summed E-state index contributed by atoms with van der Waals surface area (Å²) in [5.41, 5.74) is 1.31. The summed E-state index contributed by atoms with van der Waals surface area (Å²) in [4.78, 5) is 3.96. The zero-order valence-corrected chi connectivity index (χ0v) is 11.6. The molecule has 0 radical (unpaired) electrons. The van der Waals surface area contributed by atoms with Crippen molar-refractivity contribution in [3.05, 3.63) is 48.0 Å². The predicted molar refractivity (Wildman–Crippen MR) is 75.9 cm³/mol. The molecule has 3 atom stereocenters. The van der Waals surface area contributed by atoms with Gasteiger partial charge in [0.05, 0.1) is 18.0 Å². The van der Waals surface area contributed by atoms with E-state index >= 15 is 0 Å². The average Bonchev–Trinajstić information content (AvgIpc) is 3.04. The smallest absolute Gasteiger partial charge is 0.247 e. The van der Waals surface area contributed by atoms with Crippen LogP contribution < -0.4 is 0 Å². The van der Waals surface area contributed by atoms with Crippen LogP contribution >= 0.6 is 0 Å². The number of aromatic nitrogens is 3. The van der Waals surface area contributed by atoms with Gasteiger partial charge in [-0.15, -0.1) is 5.10 Å². The fraction of sp³-hybridized carbons (Fsp3) is 0.375. The minimum absolute atomic E-state index is 0.0106. The first kappa shape index (κ1) is 13.3. The van der Waals surface area contributed by atoms with E-state index in [0.29, 0.717) is 5.92 Å². The van der Waals surface area contributed by atoms with Gasteiger partial charge >= 0.3 is 0 Å². The van der Waals surface area contributed by atoms with Gasteiger partial charge in [0.25, 0.3) is 5.82 Å². The first-order valence-corrected chi connectivity index (χ1v) is 7.07. The molecule has 21 heavy (non-hydrogen) atoms. The first-order chi connectivity index (χ1) is 10.3. The molecule has 1 aromatic heterocycles. The van der Waals surface area contributed by atoms with Crippen LogP contribution in [0.3, 0.4) is 0 Å². The first-order valence-electron chi connectivity index (χ1n) is 7.07. The second-order valence-electron chi connectivity index (χ2n) is 5.38. The summed E-state index contributed by atoms with van der Waals surface area (Å²) in [7, 11) is 0. The average molecular weight is 277 g/mol. The van der Waals surface area contributed by atoms with Crippen molar-refractivity contribution in [2.24, 2.45) is 5.92 Å². The van der Waals surface area contributed by atoms with E-state index in [1.54, 1.807) is 11.0 Å². The molecule has 1 aliphatic carbocycles. The molecule has 2 aromatic rings. The molecule has 1 heterocycles. The molecule has 3 unspecified atom stereocenters. The van der Waals surface area contributed by atoms with Gasteiger partial charge in [-0.25, -0.2) is 9.67 Å². The molecule has 5 heteroatoms. The summed E-state index contributed by atoms with van der Waals surface area (Å²) in [5.74, 6) is 0.516. The van der Waals surface area contributed by atoms with Crippen LogP contribution in [0.25, 0.3) is 0 Å². The molecular weight excluding hydrogens is 262 g/mol. The third kappa shape index (κ3) is 2.64. The zero-order chi connectivity index (χ0) is 14.7. The molecule has 1 aliphatic rings. The van der Waals surface area contributed by atoms with E-state index in [4.69, 9.17) is 5.26 Å². The lowest BCUT2D eigenvalue weighted by molar-refractivity contribution is 0.245. The summed E-state index contributed by atoms with van der Waals surface area (Å²) in [5, 5.41) is 22.4. The Labute approximate surface area is 123 Å². The quantitative estimate of drug-likeness (QED) is 0.845. The Morgan fingerprint density at radius 2 is 1.95 bits per heavy atom. The van der Waals surface area contributed by atoms with Crippen molar-refractivity contribution < 1.29 is 0 Å². The number of nitrogens with zero attached hydrogens (tertiary/aromatic N) is 5. The van der Waals surface area contributed by atoms with E-state index in [0.717, 1.165) is 19.3 Å². The van der Waals surface area contributed by atoms with E-state index in [1.165, 1.54) is 5.56 Å². The number of hydrogen-bond donors (Lipinski definition) is 0. The number of benzene rings is 1. The molecule has 3 rings (SSSR count). The van der Waals surface area contributed by atoms with Gasteiger partial charge < -0.3 is 0 Å². The highest BCUT2D eigenvalue weighted by molar-refractivity contribution is 5.21. The van der Waals surface area contributed by atoms with Crippen molar-refractivity contribution in [1.82, 2.24) is 14.8 Å². The molecule has 1 fully saturated rings. The van der Waals surface area contributed by atoms with E-state index in [9.17, 15) is 5.26 Å². The SMILES string of the molecule is N#Cc1ncn(C2CC(c3ccccc3)CCC2C#N)n1. The van der Waals surface area contributed by atoms with E-state index in [1.807, 2.05) is 24.3 Å². The Morgan fingerprint density at radius 3 is 2.62 bits per heavy atom. The Morgan fingerprint density at radius 1 is 1.14 bits per heavy atom. The molecule has 0 N–H and O–H groups in total. The molecule has 104 valence electrons. The van der Waals surface area contributed by atoms with E-state index in [2.05, 4.69) is 28.3 Å². The number of nitriles is 2. The molecule has 0 bridgehead atoms. The van der Waals surface area contributed by atoms with Crippen LogP contribution in [0.4, 0.5) is 0 Å². The third-order valence-electron chi connectivity index (χ3n) is 4.20. The fourth-order valence-corrected chi connectivity index (χ4v) is 3.10. The summed E-state index contributed by atoms with van der Waals surface area (Å²) in [6, 6.07) is 14.7. The molecule has 1 saturated carbocycles. The lowest BCUT2D eigenvalue weighted by Gasteiger charge is -2.32. The Balaban J connectivity index is 1.86. The minimum Gasteiger partial charge on any atom is -0.247 e. The molecule has 0 saturated heterocycles. The van der Waals surface area contributed by atoms with E-state index < -0.39 is 0 Å². The Kier molecular flexibility index (Phi) is 3.66. The molecule has 5 nitrogen and oxygen atoms in total. The van der Waals surface area contributed by atoms with Crippen LogP contribution in [0, 0.1) is 28.6 Å². The molecule has 0 amide bonds. The monoisotopic (exact) mass is 277 g/mol. The topological polar surface area (TPSA) is 78.3 Å². The second-order valence-corrected chi connectivity index (χ2v) is 5.38. The highest BCUT2D eigenvalue weighted by Crippen LogP contribution is 2.41. The van der Waals surface area contributed by atoms with Gasteiger partial charge in [-0.1, -0.05) is 30.3 Å². The zero-order valence-electron chi connectivity index (χ0n) is 11.6. The van der Waals surface area contributed by atoms with Crippen molar-refractivity contribution in [3.63, 3.8) is 0 Å². The lowest BCUT2D eigenvalue weighted by Crippen LogP contribution is -2.26. The van der Waals surface area contributed by atoms with Crippen LogP contribution in [0.2, 0.25) is 0 Å². The summed E-state index contributed by atoms with van der Waals surface area (Å²) in [6.45, 7) is 0. The van der Waals surface area contributed by atoms with Crippen molar-refractivity contribution in [2.75, 3.05) is 0 Å². The van der Waals surface area contributed by atoms with Gasteiger partial charge in [0, 0.05) is 0 Å². The number of rotatable bonds is 2. The van der Waals surface area contributed by atoms with Gasteiger partial charge in [-0.05, 0) is 30.7 Å². The van der Waals surface area contributed by atoms with Gasteiger partial charge in [-0.3, -0.25) is 0 Å². The summed E-state index contributed by atoms with van der Waals surface area (Å²) >= 11 is 0. The second kappa shape index (κ2) is 5.76. The van der Waals surface area contributed by atoms with Crippen LogP contribution in [0.15, 0.2) is 36.7 Å². The standard InChI is InChI=1S/C16H15N5/c17-9-14-7-6-13(12-4-2-1-3-5-12)8-15(14)21-11-19-16(10-18)20-21/h1-5,11,13-15H,6-8H2. The van der Waals surface area contributed by atoms with Crippen LogP contribution in [0.1, 0.15) is 42.6 Å². The largest absolute Gasteiger partial charge is 0.252 e. The van der Waals surface area contributed by atoms with Crippen LogP contribution in [0.5, 0.6) is 0 Å². The Hall–Kier alpha value is -2.66. The maximum atomic E-state index is 9.37. The number of hydrogen-bond acceptors (Lipinski definition) is 4. The third-order valence-corrected chi connectivity index (χ3v) is 4.20. The highest BCUT2D eigenvalue weighted by atomic mass is 15.3. The van der Waals surface area contributed by atoms with Gasteiger partial charge in [0.1, 0.15) is 12.4 Å². The summed E-state index contributed by atoms with van der Waals surface area (Å²) < 4.78 is 1.70. The van der Waals surface area contributed by atoms with Crippen LogP contribution in [-0.4, -0.2) is 14.8 Å². The van der Waals surface area contributed by atoms with Crippen molar-refractivity contribution in [3.8, 4) is 12.1 Å². The molecule has 1 aromatic carbocycles. The van der Waals surface area contributed by atoms with Gasteiger partial charge in [-0.2, -0.15) is 10.5 Å². The highest BCUT2D eigenvalue weighted by Gasteiger charge is 2.33. The minimum atomic E-state index is -0.0711. The van der Waals surface area contributed by atoms with Gasteiger partial charge in [0.2, 0.25) is 0 Å². The maximum absolute atomic E-state index is 9.37. The maximum Gasteiger partial charge on any atom is 0.252 e. The normalized spacial score (nSPS) is 25.0. The lowest BCUT2D eigenvalue weighted by atomic mass is 9.76. The predicted octanol–water partition coefficient (Wildman–Crippen LogP) is 2.80. The summed E-state index contributed by atoms with van der Waals surface area (Å²) in [6.07, 6.45) is 4.29. The van der Waals surface area contributed by atoms with Crippen molar-refractivity contribution >= 4 is 0 Å². The van der Waals surface area contributed by atoms with E-state index in [-0.39, 0.29) is 17.8 Å². The van der Waals surface area contributed by atoms with Crippen LogP contribution in [-0.2, 0) is 0 Å². The molecule has 0 aliphatic heterocycles. The van der Waals surface area contributed by atoms with Crippen molar-refractivity contribution in [1.29, 1.82) is 10.5 Å². The molecular formula is C16H15N5. The molecule has 0 spiro atoms. The van der Waals surface area contributed by atoms with Crippen molar-refractivity contribution in [2.45, 2.75) is 31.2 Å². The fourth-order valence-electron chi connectivity index (χ4n) is 3.10. The van der Waals surface area contributed by atoms with Gasteiger partial charge in [0.15, 0.2) is 0 Å².